The lowest BCUT2D eigenvalue weighted by atomic mass is 10.2. The minimum absolute atomic E-state index is 0.201. The minimum atomic E-state index is -0.407. The van der Waals surface area contributed by atoms with E-state index >= 15 is 0 Å². The van der Waals surface area contributed by atoms with Gasteiger partial charge in [-0.15, -0.1) is 0 Å². The Bertz CT molecular complexity index is 179. The van der Waals surface area contributed by atoms with E-state index < -0.39 is 6.61 Å². The van der Waals surface area contributed by atoms with Gasteiger partial charge in [-0.2, -0.15) is 0 Å². The molecule has 4 heteroatoms. The van der Waals surface area contributed by atoms with E-state index in [2.05, 4.69) is 4.99 Å². The highest BCUT2D eigenvalue weighted by Gasteiger charge is 2.19. The molecule has 0 aromatic heterocycles. The Morgan fingerprint density at radius 1 is 1.91 bits per heavy atom. The summed E-state index contributed by atoms with van der Waals surface area (Å²) in [5.74, 6) is -0.201. The molecule has 1 aliphatic rings. The molecule has 1 aliphatic heterocycles. The number of carbonyl (C=O) groups excluding carboxylic acids is 1. The number of aliphatic imine (C=N–C) groups is 1. The molecule has 11 heavy (non-hydrogen) atoms. The van der Waals surface area contributed by atoms with E-state index in [0.29, 0.717) is 6.54 Å². The summed E-state index contributed by atoms with van der Waals surface area (Å²) in [5, 5.41) is 8.53. The third-order valence-electron chi connectivity index (χ3n) is 1.69. The summed E-state index contributed by atoms with van der Waals surface area (Å²) < 4.78 is 0. The fourth-order valence-corrected chi connectivity index (χ4v) is 1.02. The van der Waals surface area contributed by atoms with Gasteiger partial charge in [-0.25, -0.2) is 0 Å². The summed E-state index contributed by atoms with van der Waals surface area (Å²) >= 11 is 0. The van der Waals surface area contributed by atoms with Crippen molar-refractivity contribution >= 4 is 12.0 Å². The number of nitrogens with zero attached hydrogens (tertiary/aromatic N) is 2. The van der Waals surface area contributed by atoms with Gasteiger partial charge >= 0.3 is 0 Å². The van der Waals surface area contributed by atoms with Crippen LogP contribution in [0.4, 0.5) is 0 Å². The van der Waals surface area contributed by atoms with E-state index in [9.17, 15) is 4.79 Å². The summed E-state index contributed by atoms with van der Waals surface area (Å²) in [4.78, 5) is 16.9. The first-order valence-corrected chi connectivity index (χ1v) is 3.58. The number of aliphatic hydroxyl groups excluding tert-OH is 1. The molecule has 1 N–H and O–H groups in total. The van der Waals surface area contributed by atoms with Crippen LogP contribution in [0.1, 0.15) is 0 Å². The maximum absolute atomic E-state index is 10.9. The molecule has 0 aromatic carbocycles. The van der Waals surface area contributed by atoms with Crippen LogP contribution in [0.2, 0.25) is 0 Å². The molecule has 0 saturated carbocycles. The van der Waals surface area contributed by atoms with Gasteiger partial charge in [-0.3, -0.25) is 14.7 Å². The Balaban J connectivity index is 2.52. The fourth-order valence-electron chi connectivity index (χ4n) is 1.02. The Morgan fingerprint density at radius 3 is 3.18 bits per heavy atom. The Hall–Kier alpha value is -0.740. The number of likely N-dealkylation sites (N-methyl/N-ethyl adjacent to an activating group) is 1. The lowest BCUT2D eigenvalue weighted by Crippen LogP contribution is -2.39. The summed E-state index contributed by atoms with van der Waals surface area (Å²) in [6.07, 6.45) is 1.71. The first-order valence-electron chi connectivity index (χ1n) is 3.58. The van der Waals surface area contributed by atoms with Crippen molar-refractivity contribution in [3.8, 4) is 0 Å². The van der Waals surface area contributed by atoms with E-state index in [-0.39, 0.29) is 11.8 Å². The van der Waals surface area contributed by atoms with Crippen LogP contribution in [0.15, 0.2) is 4.99 Å². The molecule has 0 radical (unpaired) electrons. The SMILES string of the molecule is CN1CC=NC(C(=O)CO)C1. The minimum Gasteiger partial charge on any atom is -0.388 e. The van der Waals surface area contributed by atoms with Crippen molar-refractivity contribution in [2.75, 3.05) is 26.7 Å². The molecular formula is C7H12N2O2. The molecule has 0 aromatic rings. The van der Waals surface area contributed by atoms with Gasteiger partial charge in [-0.1, -0.05) is 0 Å². The number of ketones is 1. The van der Waals surface area contributed by atoms with Crippen molar-refractivity contribution in [3.63, 3.8) is 0 Å². The lowest BCUT2D eigenvalue weighted by Gasteiger charge is -2.22. The molecule has 1 unspecified atom stereocenters. The van der Waals surface area contributed by atoms with E-state index in [1.54, 1.807) is 6.21 Å². The van der Waals surface area contributed by atoms with E-state index in [1.165, 1.54) is 0 Å². The van der Waals surface area contributed by atoms with Crippen LogP contribution in [0.3, 0.4) is 0 Å². The highest BCUT2D eigenvalue weighted by Crippen LogP contribution is 2.00. The zero-order chi connectivity index (χ0) is 8.27. The summed E-state index contributed by atoms with van der Waals surface area (Å²) in [7, 11) is 1.92. The average molecular weight is 156 g/mol. The third kappa shape index (κ3) is 2.10. The van der Waals surface area contributed by atoms with Gasteiger partial charge in [0.25, 0.3) is 0 Å². The highest BCUT2D eigenvalue weighted by atomic mass is 16.3. The van der Waals surface area contributed by atoms with Crippen molar-refractivity contribution in [3.05, 3.63) is 0 Å². The largest absolute Gasteiger partial charge is 0.388 e. The summed E-state index contributed by atoms with van der Waals surface area (Å²) in [6, 6.07) is -0.348. The van der Waals surface area contributed by atoms with Gasteiger partial charge in [-0.05, 0) is 7.05 Å². The van der Waals surface area contributed by atoms with Crippen LogP contribution in [-0.4, -0.2) is 54.8 Å². The predicted octanol–water partition coefficient (Wildman–Crippen LogP) is -1.07. The number of hydrogen-bond donors (Lipinski definition) is 1. The van der Waals surface area contributed by atoms with Crippen LogP contribution in [0.5, 0.6) is 0 Å². The zero-order valence-electron chi connectivity index (χ0n) is 6.53. The van der Waals surface area contributed by atoms with Gasteiger partial charge in [0.05, 0.1) is 0 Å². The quantitative estimate of drug-likeness (QED) is 0.554. The second-order valence-corrected chi connectivity index (χ2v) is 2.69. The van der Waals surface area contributed by atoms with Gasteiger partial charge < -0.3 is 5.11 Å². The van der Waals surface area contributed by atoms with Crippen molar-refractivity contribution in [2.24, 2.45) is 4.99 Å². The summed E-state index contributed by atoms with van der Waals surface area (Å²) in [5.41, 5.74) is 0. The molecule has 1 heterocycles. The van der Waals surface area contributed by atoms with Crippen LogP contribution >= 0.6 is 0 Å². The molecule has 0 saturated heterocycles. The van der Waals surface area contributed by atoms with Crippen LogP contribution in [0.25, 0.3) is 0 Å². The zero-order valence-corrected chi connectivity index (χ0v) is 6.53. The molecule has 0 spiro atoms. The van der Waals surface area contributed by atoms with Crippen molar-refractivity contribution in [1.29, 1.82) is 0 Å². The first kappa shape index (κ1) is 8.36. The highest BCUT2D eigenvalue weighted by molar-refractivity contribution is 5.87. The molecular weight excluding hydrogens is 144 g/mol. The average Bonchev–Trinajstić information content (AvgIpc) is 2.03. The van der Waals surface area contributed by atoms with Crippen molar-refractivity contribution in [2.45, 2.75) is 6.04 Å². The topological polar surface area (TPSA) is 52.9 Å². The Labute approximate surface area is 65.5 Å². The van der Waals surface area contributed by atoms with Gasteiger partial charge in [0.1, 0.15) is 12.6 Å². The van der Waals surface area contributed by atoms with Crippen LogP contribution in [-0.2, 0) is 4.79 Å². The normalized spacial score (nSPS) is 25.5. The molecule has 1 rings (SSSR count). The molecule has 0 aliphatic carbocycles. The Morgan fingerprint density at radius 2 is 2.64 bits per heavy atom. The van der Waals surface area contributed by atoms with E-state index in [0.717, 1.165) is 6.54 Å². The third-order valence-corrected chi connectivity index (χ3v) is 1.69. The fraction of sp³-hybridized carbons (Fsp3) is 0.714. The number of rotatable bonds is 2. The van der Waals surface area contributed by atoms with E-state index in [1.807, 2.05) is 11.9 Å². The van der Waals surface area contributed by atoms with Crippen LogP contribution < -0.4 is 0 Å². The molecule has 62 valence electrons. The second kappa shape index (κ2) is 3.59. The monoisotopic (exact) mass is 156 g/mol. The standard InChI is InChI=1S/C7H12N2O2/c1-9-3-2-8-6(4-9)7(11)5-10/h2,6,10H,3-5H2,1H3. The van der Waals surface area contributed by atoms with Crippen molar-refractivity contribution in [1.82, 2.24) is 4.90 Å². The first-order chi connectivity index (χ1) is 5.24. The maximum Gasteiger partial charge on any atom is 0.183 e. The van der Waals surface area contributed by atoms with Gasteiger partial charge in [0.15, 0.2) is 5.78 Å². The second-order valence-electron chi connectivity index (χ2n) is 2.69. The smallest absolute Gasteiger partial charge is 0.183 e. The number of aliphatic hydroxyl groups is 1. The number of Topliss-reactive ketones (excluding diaryl/α,β-unsaturated/α-hetero) is 1. The lowest BCUT2D eigenvalue weighted by molar-refractivity contribution is -0.123. The van der Waals surface area contributed by atoms with Crippen LogP contribution in [0, 0.1) is 0 Å². The molecule has 0 amide bonds. The molecule has 4 nitrogen and oxygen atoms in total. The van der Waals surface area contributed by atoms with E-state index in [4.69, 9.17) is 5.11 Å². The molecule has 0 fully saturated rings. The maximum atomic E-state index is 10.9. The molecule has 0 bridgehead atoms. The van der Waals surface area contributed by atoms with Gasteiger partial charge in [0, 0.05) is 19.3 Å². The number of hydrogen-bond acceptors (Lipinski definition) is 4. The number of carbonyl (C=O) groups is 1. The van der Waals surface area contributed by atoms with Crippen molar-refractivity contribution < 1.29 is 9.90 Å². The summed E-state index contributed by atoms with van der Waals surface area (Å²) in [6.45, 7) is 1.00. The van der Waals surface area contributed by atoms with Gasteiger partial charge in [0.2, 0.25) is 0 Å². The Kier molecular flexibility index (Phi) is 2.73. The molecule has 1 atom stereocenters. The predicted molar refractivity (Wildman–Crippen MR) is 41.9 cm³/mol.